The van der Waals surface area contributed by atoms with E-state index in [9.17, 15) is 9.59 Å². The minimum Gasteiger partial charge on any atom is -0.430 e. The smallest absolute Gasteiger partial charge is 0.430 e. The van der Waals surface area contributed by atoms with Crippen molar-refractivity contribution in [3.8, 4) is 0 Å². The molecule has 0 amide bonds. The van der Waals surface area contributed by atoms with Crippen LogP contribution in [0.4, 0.5) is 4.79 Å². The largest absolute Gasteiger partial charge is 0.509 e. The second-order valence-corrected chi connectivity index (χ2v) is 10.1. The number of hydrogen-bond donors (Lipinski definition) is 0. The third-order valence-electron chi connectivity index (χ3n) is 9.73. The Balaban J connectivity index is 1.62. The van der Waals surface area contributed by atoms with Gasteiger partial charge in [0.2, 0.25) is 0 Å². The summed E-state index contributed by atoms with van der Waals surface area (Å²) >= 11 is 0. The number of carbonyl (C=O) groups is 2. The summed E-state index contributed by atoms with van der Waals surface area (Å²) in [5.74, 6) is 1.45. The first-order valence-corrected chi connectivity index (χ1v) is 10.8. The number of fused-ring (bicyclic) bond motifs is 1. The zero-order valence-corrected chi connectivity index (χ0v) is 17.4. The molecule has 4 aliphatic carbocycles. The molecule has 0 unspecified atom stereocenters. The summed E-state index contributed by atoms with van der Waals surface area (Å²) in [6.07, 6.45) is 5.04. The molecule has 1 heterocycles. The lowest BCUT2D eigenvalue weighted by atomic mass is 9.41. The first-order valence-electron chi connectivity index (χ1n) is 10.8. The third kappa shape index (κ3) is 1.97. The van der Waals surface area contributed by atoms with Crippen molar-refractivity contribution >= 4 is 11.9 Å². The second-order valence-electron chi connectivity index (χ2n) is 10.1. The standard InChI is InChI=1S/C22H32O6/c1-12-14-6-5-13-11-15-17-21(13,20(14,2)8-7-16(12)23)9-10-22(15,18(25-3)26-4)28-19(24)27-17/h12-15,17-18H,5-11H2,1-4H3/t12-,13+,14-,15+,17+,20-,21+,22+/m0/s1. The monoisotopic (exact) mass is 392 g/mol. The molecule has 8 atom stereocenters. The van der Waals surface area contributed by atoms with Crippen molar-refractivity contribution in [3.05, 3.63) is 0 Å². The molecule has 28 heavy (non-hydrogen) atoms. The van der Waals surface area contributed by atoms with Crippen molar-refractivity contribution in [1.29, 1.82) is 0 Å². The van der Waals surface area contributed by atoms with Crippen LogP contribution in [0, 0.1) is 34.5 Å². The quantitative estimate of drug-likeness (QED) is 0.539. The lowest BCUT2D eigenvalue weighted by Gasteiger charge is -2.65. The third-order valence-corrected chi connectivity index (χ3v) is 9.73. The Bertz CT molecular complexity index is 703. The summed E-state index contributed by atoms with van der Waals surface area (Å²) in [7, 11) is 3.22. The van der Waals surface area contributed by atoms with Crippen LogP contribution in [0.2, 0.25) is 0 Å². The van der Waals surface area contributed by atoms with Crippen molar-refractivity contribution < 1.29 is 28.5 Å². The molecule has 4 bridgehead atoms. The van der Waals surface area contributed by atoms with Crippen LogP contribution in [0.25, 0.3) is 0 Å². The molecule has 5 rings (SSSR count). The molecule has 1 aliphatic heterocycles. The average molecular weight is 392 g/mol. The molecular weight excluding hydrogens is 360 g/mol. The number of methoxy groups -OCH3 is 2. The lowest BCUT2D eigenvalue weighted by molar-refractivity contribution is -0.307. The fourth-order valence-corrected chi connectivity index (χ4v) is 8.61. The summed E-state index contributed by atoms with van der Waals surface area (Å²) in [4.78, 5) is 25.1. The van der Waals surface area contributed by atoms with Crippen molar-refractivity contribution in [2.75, 3.05) is 14.2 Å². The first kappa shape index (κ1) is 18.9. The number of rotatable bonds is 3. The Morgan fingerprint density at radius 1 is 1.07 bits per heavy atom. The molecule has 156 valence electrons. The summed E-state index contributed by atoms with van der Waals surface area (Å²) in [6, 6.07) is 0. The topological polar surface area (TPSA) is 71.1 Å². The van der Waals surface area contributed by atoms with E-state index in [-0.39, 0.29) is 28.8 Å². The lowest BCUT2D eigenvalue weighted by Crippen LogP contribution is -2.69. The Labute approximate surface area is 166 Å². The highest BCUT2D eigenvalue weighted by atomic mass is 16.8. The molecule has 0 radical (unpaired) electrons. The molecular formula is C22H32O6. The maximum absolute atomic E-state index is 12.6. The molecule has 0 aromatic carbocycles. The maximum atomic E-state index is 12.6. The van der Waals surface area contributed by atoms with E-state index in [1.54, 1.807) is 14.2 Å². The van der Waals surface area contributed by atoms with E-state index in [4.69, 9.17) is 18.9 Å². The first-order chi connectivity index (χ1) is 13.3. The minimum absolute atomic E-state index is 0.0160. The predicted molar refractivity (Wildman–Crippen MR) is 99.4 cm³/mol. The Hall–Kier alpha value is -1.14. The Morgan fingerprint density at radius 3 is 2.54 bits per heavy atom. The molecule has 0 N–H and O–H groups in total. The van der Waals surface area contributed by atoms with Crippen molar-refractivity contribution in [1.82, 2.24) is 0 Å². The van der Waals surface area contributed by atoms with Gasteiger partial charge in [0.1, 0.15) is 11.9 Å². The van der Waals surface area contributed by atoms with Crippen molar-refractivity contribution in [2.45, 2.75) is 76.8 Å². The van der Waals surface area contributed by atoms with Crippen LogP contribution < -0.4 is 0 Å². The number of Topliss-reactive ketones (excluding diaryl/α,β-unsaturated/α-hetero) is 1. The predicted octanol–water partition coefficient (Wildman–Crippen LogP) is 3.71. The normalized spacial score (nSPS) is 52.0. The molecule has 4 saturated carbocycles. The molecule has 0 aromatic rings. The summed E-state index contributed by atoms with van der Waals surface area (Å²) in [6.45, 7) is 4.50. The van der Waals surface area contributed by atoms with E-state index < -0.39 is 18.0 Å². The highest BCUT2D eigenvalue weighted by molar-refractivity contribution is 5.82. The van der Waals surface area contributed by atoms with Crippen LogP contribution in [-0.2, 0) is 23.7 Å². The summed E-state index contributed by atoms with van der Waals surface area (Å²) in [5, 5.41) is 0. The van der Waals surface area contributed by atoms with Crippen LogP contribution >= 0.6 is 0 Å². The molecule has 5 aliphatic rings. The number of ketones is 1. The summed E-state index contributed by atoms with van der Waals surface area (Å²) < 4.78 is 23.1. The Morgan fingerprint density at radius 2 is 1.82 bits per heavy atom. The van der Waals surface area contributed by atoms with Crippen LogP contribution in [0.15, 0.2) is 0 Å². The van der Waals surface area contributed by atoms with E-state index in [1.807, 2.05) is 0 Å². The SMILES string of the molecule is COC(OC)[C@@]12CC[C@]34[C@H](CC[C@H]5[C@H](C)C(=O)CC[C@@]53C)C[C@@H]1[C@H]4OC(=O)O2. The van der Waals surface area contributed by atoms with Gasteiger partial charge in [-0.15, -0.1) is 0 Å². The van der Waals surface area contributed by atoms with E-state index >= 15 is 0 Å². The highest BCUT2D eigenvalue weighted by Crippen LogP contribution is 2.75. The van der Waals surface area contributed by atoms with E-state index in [0.717, 1.165) is 38.5 Å². The highest BCUT2D eigenvalue weighted by Gasteiger charge is 2.78. The molecule has 0 aromatic heterocycles. The summed E-state index contributed by atoms with van der Waals surface area (Å²) in [5.41, 5.74) is -0.819. The Kier molecular flexibility index (Phi) is 4.00. The molecule has 1 saturated heterocycles. The van der Waals surface area contributed by atoms with Crippen molar-refractivity contribution in [3.63, 3.8) is 0 Å². The van der Waals surface area contributed by atoms with Gasteiger partial charge in [0, 0.05) is 37.9 Å². The molecule has 1 spiro atoms. The fraction of sp³-hybridized carbons (Fsp3) is 0.909. The molecule has 6 nitrogen and oxygen atoms in total. The van der Waals surface area contributed by atoms with Crippen LogP contribution in [0.3, 0.4) is 0 Å². The van der Waals surface area contributed by atoms with Crippen LogP contribution in [0.1, 0.15) is 58.8 Å². The minimum atomic E-state index is -0.770. The van der Waals surface area contributed by atoms with Gasteiger partial charge in [-0.3, -0.25) is 4.79 Å². The van der Waals surface area contributed by atoms with Gasteiger partial charge in [-0.25, -0.2) is 4.79 Å². The average Bonchev–Trinajstić information content (AvgIpc) is 2.91. The fourth-order valence-electron chi connectivity index (χ4n) is 8.61. The maximum Gasteiger partial charge on any atom is 0.509 e. The van der Waals surface area contributed by atoms with Gasteiger partial charge in [0.15, 0.2) is 11.9 Å². The zero-order chi connectivity index (χ0) is 19.9. The van der Waals surface area contributed by atoms with Gasteiger partial charge in [0.05, 0.1) is 0 Å². The van der Waals surface area contributed by atoms with E-state index in [0.29, 0.717) is 24.0 Å². The van der Waals surface area contributed by atoms with Gasteiger partial charge < -0.3 is 18.9 Å². The van der Waals surface area contributed by atoms with Gasteiger partial charge in [-0.2, -0.15) is 0 Å². The van der Waals surface area contributed by atoms with Gasteiger partial charge >= 0.3 is 6.16 Å². The molecule has 5 fully saturated rings. The number of ether oxygens (including phenoxy) is 4. The number of hydrogen-bond acceptors (Lipinski definition) is 6. The van der Waals surface area contributed by atoms with Gasteiger partial charge in [-0.1, -0.05) is 13.8 Å². The zero-order valence-electron chi connectivity index (χ0n) is 17.4. The van der Waals surface area contributed by atoms with Crippen LogP contribution in [-0.4, -0.2) is 44.2 Å². The van der Waals surface area contributed by atoms with Crippen molar-refractivity contribution in [2.24, 2.45) is 34.5 Å². The van der Waals surface area contributed by atoms with Gasteiger partial charge in [0.25, 0.3) is 0 Å². The van der Waals surface area contributed by atoms with Gasteiger partial charge in [-0.05, 0) is 55.8 Å². The van der Waals surface area contributed by atoms with Crippen LogP contribution in [0.5, 0.6) is 0 Å². The van der Waals surface area contributed by atoms with E-state index in [1.165, 1.54) is 0 Å². The number of carbonyl (C=O) groups excluding carboxylic acids is 2. The van der Waals surface area contributed by atoms with E-state index in [2.05, 4.69) is 13.8 Å². The molecule has 6 heteroatoms. The second kappa shape index (κ2) is 5.94.